The summed E-state index contributed by atoms with van der Waals surface area (Å²) in [5.74, 6) is -1.24. The molecule has 2 aliphatic rings. The Balaban J connectivity index is 1.44. The van der Waals surface area contributed by atoms with Gasteiger partial charge in [0.05, 0.1) is 24.4 Å². The highest BCUT2D eigenvalue weighted by Crippen LogP contribution is 2.40. The first kappa shape index (κ1) is 20.0. The number of aromatic amines is 1. The molecule has 1 N–H and O–H groups in total. The zero-order valence-electron chi connectivity index (χ0n) is 16.4. The number of hydrogen-bond donors (Lipinski definition) is 1. The van der Waals surface area contributed by atoms with Crippen LogP contribution in [0.4, 0.5) is 13.2 Å². The summed E-state index contributed by atoms with van der Waals surface area (Å²) in [6.45, 7) is 0.453. The first-order valence-electron chi connectivity index (χ1n) is 10.0. The van der Waals surface area contributed by atoms with Crippen molar-refractivity contribution in [3.63, 3.8) is 0 Å². The number of fused-ring (bicyclic) bond motifs is 3. The monoisotopic (exact) mass is 448 g/mol. The van der Waals surface area contributed by atoms with Crippen LogP contribution >= 0.6 is 11.3 Å². The van der Waals surface area contributed by atoms with Gasteiger partial charge in [-0.05, 0) is 30.5 Å². The standard InChI is InChI=1S/C21H19F3N4O2S/c22-21(23,24)14-2-1-6-28(11-14)20(29)19-27-18-15-4-3-12(13-9-25-26-10-13)8-16(15)30-7-5-17(18)31-19/h3-4,8-10,14H,1-2,5-7,11H2,(H,25,26). The van der Waals surface area contributed by atoms with Gasteiger partial charge >= 0.3 is 6.18 Å². The average Bonchev–Trinajstić information content (AvgIpc) is 3.40. The fraction of sp³-hybridized carbons (Fsp3) is 0.381. The van der Waals surface area contributed by atoms with E-state index in [1.807, 2.05) is 18.2 Å². The number of H-pyrrole nitrogens is 1. The summed E-state index contributed by atoms with van der Waals surface area (Å²) in [5, 5.41) is 6.98. The quantitative estimate of drug-likeness (QED) is 0.625. The van der Waals surface area contributed by atoms with Crippen molar-refractivity contribution < 1.29 is 22.7 Å². The fourth-order valence-electron chi connectivity index (χ4n) is 4.07. The molecule has 2 aromatic heterocycles. The second-order valence-corrected chi connectivity index (χ2v) is 8.80. The van der Waals surface area contributed by atoms with Gasteiger partial charge in [0.25, 0.3) is 5.91 Å². The van der Waals surface area contributed by atoms with Crippen molar-refractivity contribution in [2.45, 2.75) is 25.4 Å². The van der Waals surface area contributed by atoms with E-state index < -0.39 is 18.0 Å². The topological polar surface area (TPSA) is 71.1 Å². The lowest BCUT2D eigenvalue weighted by Gasteiger charge is -2.33. The fourth-order valence-corrected chi connectivity index (χ4v) is 5.09. The molecule has 1 unspecified atom stereocenters. The Kier molecular flexibility index (Phi) is 4.96. The Morgan fingerprint density at radius 3 is 2.94 bits per heavy atom. The SMILES string of the molecule is O=C(c1nc2c(s1)CCOc1cc(-c3cn[nH]c3)ccc1-2)N1CCCC(C(F)(F)F)C1. The largest absolute Gasteiger partial charge is 0.492 e. The summed E-state index contributed by atoms with van der Waals surface area (Å²) >= 11 is 1.25. The molecule has 162 valence electrons. The Morgan fingerprint density at radius 2 is 2.16 bits per heavy atom. The third-order valence-electron chi connectivity index (χ3n) is 5.71. The molecule has 2 aliphatic heterocycles. The summed E-state index contributed by atoms with van der Waals surface area (Å²) in [6.07, 6.45) is 0.204. The molecule has 0 saturated carbocycles. The number of likely N-dealkylation sites (tertiary alicyclic amines) is 1. The summed E-state index contributed by atoms with van der Waals surface area (Å²) in [5.41, 5.74) is 3.31. The number of amides is 1. The molecule has 0 spiro atoms. The number of rotatable bonds is 2. The van der Waals surface area contributed by atoms with E-state index >= 15 is 0 Å². The number of hydrogen-bond acceptors (Lipinski definition) is 5. The smallest absolute Gasteiger partial charge is 0.393 e. The van der Waals surface area contributed by atoms with E-state index in [4.69, 9.17) is 4.74 Å². The van der Waals surface area contributed by atoms with Gasteiger partial charge in [-0.1, -0.05) is 6.07 Å². The molecule has 1 atom stereocenters. The molecule has 0 aliphatic carbocycles. The summed E-state index contributed by atoms with van der Waals surface area (Å²) in [6, 6.07) is 5.74. The van der Waals surface area contributed by atoms with Crippen LogP contribution < -0.4 is 4.74 Å². The number of alkyl halides is 3. The number of piperidine rings is 1. The van der Waals surface area contributed by atoms with Crippen molar-refractivity contribution in [2.75, 3.05) is 19.7 Å². The number of carbonyl (C=O) groups excluding carboxylic acids is 1. The number of halogens is 3. The molecule has 5 rings (SSSR count). The Labute approximate surface area is 180 Å². The number of ether oxygens (including phenoxy) is 1. The minimum Gasteiger partial charge on any atom is -0.492 e. The maximum absolute atomic E-state index is 13.1. The van der Waals surface area contributed by atoms with Crippen molar-refractivity contribution in [2.24, 2.45) is 5.92 Å². The van der Waals surface area contributed by atoms with E-state index in [1.54, 1.807) is 12.4 Å². The lowest BCUT2D eigenvalue weighted by molar-refractivity contribution is -0.184. The normalized spacial score (nSPS) is 18.7. The molecule has 31 heavy (non-hydrogen) atoms. The number of nitrogens with one attached hydrogen (secondary N) is 1. The van der Waals surface area contributed by atoms with Gasteiger partial charge < -0.3 is 9.64 Å². The molecule has 1 fully saturated rings. The highest BCUT2D eigenvalue weighted by molar-refractivity contribution is 7.14. The van der Waals surface area contributed by atoms with Gasteiger partial charge in [-0.25, -0.2) is 4.98 Å². The molecular formula is C21H19F3N4O2S. The van der Waals surface area contributed by atoms with Crippen LogP contribution in [0.5, 0.6) is 5.75 Å². The first-order chi connectivity index (χ1) is 14.9. The van der Waals surface area contributed by atoms with Crippen LogP contribution in [0.2, 0.25) is 0 Å². The first-order valence-corrected chi connectivity index (χ1v) is 10.8. The predicted molar refractivity (Wildman–Crippen MR) is 109 cm³/mol. The van der Waals surface area contributed by atoms with Crippen molar-refractivity contribution in [3.05, 3.63) is 40.5 Å². The molecular weight excluding hydrogens is 429 g/mol. The van der Waals surface area contributed by atoms with Crippen LogP contribution in [-0.2, 0) is 6.42 Å². The van der Waals surface area contributed by atoms with E-state index in [0.29, 0.717) is 37.4 Å². The third-order valence-corrected chi connectivity index (χ3v) is 6.81. The van der Waals surface area contributed by atoms with Crippen LogP contribution in [0.15, 0.2) is 30.6 Å². The lowest BCUT2D eigenvalue weighted by atomic mass is 9.97. The maximum atomic E-state index is 13.1. The number of carbonyl (C=O) groups is 1. The van der Waals surface area contributed by atoms with E-state index in [9.17, 15) is 18.0 Å². The van der Waals surface area contributed by atoms with Crippen molar-refractivity contribution >= 4 is 17.2 Å². The molecule has 1 saturated heterocycles. The second-order valence-electron chi connectivity index (χ2n) is 7.72. The van der Waals surface area contributed by atoms with E-state index in [-0.39, 0.29) is 18.0 Å². The van der Waals surface area contributed by atoms with Crippen LogP contribution in [0.25, 0.3) is 22.4 Å². The number of aromatic nitrogens is 3. The summed E-state index contributed by atoms with van der Waals surface area (Å²) in [7, 11) is 0. The van der Waals surface area contributed by atoms with Crippen LogP contribution in [-0.4, -0.2) is 51.9 Å². The lowest BCUT2D eigenvalue weighted by Crippen LogP contribution is -2.44. The van der Waals surface area contributed by atoms with Crippen LogP contribution in [0.1, 0.15) is 27.5 Å². The van der Waals surface area contributed by atoms with E-state index in [2.05, 4.69) is 15.2 Å². The van der Waals surface area contributed by atoms with Gasteiger partial charge in [0, 0.05) is 41.7 Å². The zero-order valence-corrected chi connectivity index (χ0v) is 17.2. The Bertz CT molecular complexity index is 1110. The molecule has 1 aromatic carbocycles. The minimum absolute atomic E-state index is 0.0609. The highest BCUT2D eigenvalue weighted by Gasteiger charge is 2.43. The van der Waals surface area contributed by atoms with E-state index in [1.165, 1.54) is 16.2 Å². The van der Waals surface area contributed by atoms with Gasteiger partial charge in [0.1, 0.15) is 5.75 Å². The van der Waals surface area contributed by atoms with Crippen LogP contribution in [0.3, 0.4) is 0 Å². The predicted octanol–water partition coefficient (Wildman–Crippen LogP) is 4.55. The van der Waals surface area contributed by atoms with E-state index in [0.717, 1.165) is 21.6 Å². The molecule has 0 bridgehead atoms. The summed E-state index contributed by atoms with van der Waals surface area (Å²) in [4.78, 5) is 19.7. The van der Waals surface area contributed by atoms with Crippen LogP contribution in [0, 0.1) is 5.92 Å². The second kappa shape index (κ2) is 7.67. The molecule has 3 aromatic rings. The minimum atomic E-state index is -4.29. The van der Waals surface area contributed by atoms with Crippen molar-refractivity contribution in [1.82, 2.24) is 20.1 Å². The van der Waals surface area contributed by atoms with Gasteiger partial charge in [0.2, 0.25) is 0 Å². The molecule has 4 heterocycles. The zero-order chi connectivity index (χ0) is 21.6. The Hall–Kier alpha value is -2.88. The highest BCUT2D eigenvalue weighted by atomic mass is 32.1. The Morgan fingerprint density at radius 1 is 1.29 bits per heavy atom. The molecule has 10 heteroatoms. The molecule has 1 amide bonds. The maximum Gasteiger partial charge on any atom is 0.393 e. The van der Waals surface area contributed by atoms with Gasteiger partial charge in [-0.3, -0.25) is 9.89 Å². The van der Waals surface area contributed by atoms with Gasteiger partial charge in [0.15, 0.2) is 5.01 Å². The number of nitrogens with zero attached hydrogens (tertiary/aromatic N) is 3. The van der Waals surface area contributed by atoms with Gasteiger partial charge in [-0.15, -0.1) is 11.3 Å². The van der Waals surface area contributed by atoms with Crippen molar-refractivity contribution in [3.8, 4) is 28.1 Å². The molecule has 6 nitrogen and oxygen atoms in total. The summed E-state index contributed by atoms with van der Waals surface area (Å²) < 4.78 is 45.3. The average molecular weight is 448 g/mol. The number of thiazole rings is 1. The van der Waals surface area contributed by atoms with Gasteiger partial charge in [-0.2, -0.15) is 18.3 Å². The van der Waals surface area contributed by atoms with Crippen molar-refractivity contribution in [1.29, 1.82) is 0 Å². The number of benzene rings is 1. The third kappa shape index (κ3) is 3.80. The molecule has 0 radical (unpaired) electrons.